The molecule has 0 bridgehead atoms. The van der Waals surface area contributed by atoms with Crippen molar-refractivity contribution in [2.75, 3.05) is 22.9 Å². The topological polar surface area (TPSA) is 104 Å². The molecule has 4 aromatic carbocycles. The van der Waals surface area contributed by atoms with Crippen LogP contribution < -0.4 is 22.9 Å². The van der Waals surface area contributed by atoms with Gasteiger partial charge in [-0.3, -0.25) is 0 Å². The molecular formula is C30H30F6N4. The molecule has 0 atom stereocenters. The first-order chi connectivity index (χ1) is 18.4. The minimum absolute atomic E-state index is 0.137. The summed E-state index contributed by atoms with van der Waals surface area (Å²) in [6, 6.07) is 13.9. The molecule has 212 valence electrons. The number of anilines is 4. The number of benzene rings is 4. The molecule has 4 rings (SSSR count). The molecule has 0 fully saturated rings. The number of aryl methyl sites for hydroxylation is 4. The fourth-order valence-corrected chi connectivity index (χ4v) is 4.27. The van der Waals surface area contributed by atoms with Gasteiger partial charge in [-0.25, -0.2) is 0 Å². The number of nitrogens with two attached hydrogens (primary N) is 4. The van der Waals surface area contributed by atoms with Gasteiger partial charge in [-0.05, 0) is 121 Å². The van der Waals surface area contributed by atoms with Crippen molar-refractivity contribution >= 4 is 22.7 Å². The third-order valence-electron chi connectivity index (χ3n) is 6.53. The summed E-state index contributed by atoms with van der Waals surface area (Å²) in [5, 5.41) is 0. The first kappa shape index (κ1) is 30.2. The van der Waals surface area contributed by atoms with Gasteiger partial charge in [0.15, 0.2) is 0 Å². The lowest BCUT2D eigenvalue weighted by molar-refractivity contribution is -0.137. The number of nitrogen functional groups attached to an aromatic ring is 4. The van der Waals surface area contributed by atoms with E-state index >= 15 is 0 Å². The van der Waals surface area contributed by atoms with E-state index in [1.54, 1.807) is 0 Å². The van der Waals surface area contributed by atoms with Crippen LogP contribution in [0.2, 0.25) is 0 Å². The van der Waals surface area contributed by atoms with Gasteiger partial charge in [0.1, 0.15) is 0 Å². The van der Waals surface area contributed by atoms with Crippen LogP contribution >= 0.6 is 0 Å². The summed E-state index contributed by atoms with van der Waals surface area (Å²) in [4.78, 5) is 0. The maximum absolute atomic E-state index is 13.0. The van der Waals surface area contributed by atoms with Crippen molar-refractivity contribution < 1.29 is 26.3 Å². The molecule has 0 heterocycles. The maximum atomic E-state index is 13.0. The Balaban J connectivity index is 0.000000225. The van der Waals surface area contributed by atoms with E-state index in [4.69, 9.17) is 22.9 Å². The standard InChI is InChI=1S/C16H20N2.C14H10F6N2/c1-9-7-15(17)11(3)5-13(9)14-6-12(4)16(18)8-10(14)2;15-13(16,17)10-6-8(21)2-3-9(10)7-1-4-12(22)11(5-7)14(18,19)20/h5-8H,17-18H2,1-4H3;1-6H,21-22H2. The van der Waals surface area contributed by atoms with Crippen LogP contribution in [0.4, 0.5) is 49.1 Å². The molecular weight excluding hydrogens is 530 g/mol. The van der Waals surface area contributed by atoms with E-state index in [-0.39, 0.29) is 11.3 Å². The Morgan fingerprint density at radius 2 is 0.925 bits per heavy atom. The second-order valence-corrected chi connectivity index (χ2v) is 9.65. The number of halogens is 6. The molecule has 0 unspecified atom stereocenters. The highest BCUT2D eigenvalue weighted by molar-refractivity contribution is 5.77. The van der Waals surface area contributed by atoms with E-state index in [2.05, 4.69) is 26.0 Å². The molecule has 0 saturated carbocycles. The quantitative estimate of drug-likeness (QED) is 0.146. The number of hydrogen-bond acceptors (Lipinski definition) is 4. The van der Waals surface area contributed by atoms with Crippen molar-refractivity contribution in [1.82, 2.24) is 0 Å². The van der Waals surface area contributed by atoms with Gasteiger partial charge in [0.05, 0.1) is 11.1 Å². The van der Waals surface area contributed by atoms with Gasteiger partial charge in [-0.2, -0.15) is 26.3 Å². The van der Waals surface area contributed by atoms with E-state index in [0.29, 0.717) is 12.1 Å². The van der Waals surface area contributed by atoms with Crippen LogP contribution in [0.5, 0.6) is 0 Å². The molecule has 0 spiro atoms. The van der Waals surface area contributed by atoms with Gasteiger partial charge in [0.25, 0.3) is 0 Å². The molecule has 0 saturated heterocycles. The molecule has 10 heteroatoms. The minimum atomic E-state index is -4.76. The van der Waals surface area contributed by atoms with Crippen molar-refractivity contribution in [3.63, 3.8) is 0 Å². The summed E-state index contributed by atoms with van der Waals surface area (Å²) >= 11 is 0. The number of hydrogen-bond donors (Lipinski definition) is 4. The lowest BCUT2D eigenvalue weighted by atomic mass is 9.92. The molecule has 4 aromatic rings. The second kappa shape index (κ2) is 11.0. The number of alkyl halides is 6. The zero-order chi connectivity index (χ0) is 30.2. The van der Waals surface area contributed by atoms with Crippen LogP contribution in [0.1, 0.15) is 33.4 Å². The van der Waals surface area contributed by atoms with Crippen molar-refractivity contribution in [1.29, 1.82) is 0 Å². The van der Waals surface area contributed by atoms with Gasteiger partial charge in [0, 0.05) is 22.7 Å². The highest BCUT2D eigenvalue weighted by Crippen LogP contribution is 2.41. The van der Waals surface area contributed by atoms with Crippen LogP contribution in [0.25, 0.3) is 22.3 Å². The van der Waals surface area contributed by atoms with E-state index < -0.39 is 34.7 Å². The lowest BCUT2D eigenvalue weighted by Crippen LogP contribution is -2.10. The van der Waals surface area contributed by atoms with Gasteiger partial charge in [-0.1, -0.05) is 12.1 Å². The SMILES string of the molecule is Cc1cc(-c2cc(C)c(N)cc2C)c(C)cc1N.Nc1ccc(-c2ccc(N)c(C(F)(F)F)c2)c(C(F)(F)F)c1. The Morgan fingerprint density at radius 3 is 1.38 bits per heavy atom. The third-order valence-corrected chi connectivity index (χ3v) is 6.53. The van der Waals surface area contributed by atoms with Crippen molar-refractivity contribution in [2.45, 2.75) is 40.0 Å². The summed E-state index contributed by atoms with van der Waals surface area (Å²) < 4.78 is 77.5. The third kappa shape index (κ3) is 6.62. The molecule has 0 radical (unpaired) electrons. The molecule has 0 aliphatic rings. The van der Waals surface area contributed by atoms with Crippen LogP contribution in [-0.4, -0.2) is 0 Å². The van der Waals surface area contributed by atoms with Gasteiger partial charge >= 0.3 is 12.4 Å². The predicted octanol–water partition coefficient (Wildman–Crippen LogP) is 8.31. The largest absolute Gasteiger partial charge is 0.418 e. The monoisotopic (exact) mass is 560 g/mol. The average Bonchev–Trinajstić information content (AvgIpc) is 2.83. The Kier molecular flexibility index (Phi) is 8.33. The molecule has 0 aliphatic heterocycles. The van der Waals surface area contributed by atoms with Crippen LogP contribution in [-0.2, 0) is 12.4 Å². The second-order valence-electron chi connectivity index (χ2n) is 9.65. The average molecular weight is 561 g/mol. The fourth-order valence-electron chi connectivity index (χ4n) is 4.27. The smallest absolute Gasteiger partial charge is 0.399 e. The Labute approximate surface area is 228 Å². The van der Waals surface area contributed by atoms with Crippen LogP contribution in [0.15, 0.2) is 60.7 Å². The van der Waals surface area contributed by atoms with E-state index in [1.165, 1.54) is 28.3 Å². The summed E-state index contributed by atoms with van der Waals surface area (Å²) in [5.41, 5.74) is 27.6. The summed E-state index contributed by atoms with van der Waals surface area (Å²) in [6.45, 7) is 8.27. The van der Waals surface area contributed by atoms with Gasteiger partial charge in [0.2, 0.25) is 0 Å². The molecule has 4 nitrogen and oxygen atoms in total. The van der Waals surface area contributed by atoms with Crippen LogP contribution in [0, 0.1) is 27.7 Å². The fraction of sp³-hybridized carbons (Fsp3) is 0.200. The van der Waals surface area contributed by atoms with E-state index in [1.807, 2.05) is 26.0 Å². The van der Waals surface area contributed by atoms with E-state index in [0.717, 1.165) is 40.7 Å². The maximum Gasteiger partial charge on any atom is 0.418 e. The zero-order valence-corrected chi connectivity index (χ0v) is 22.4. The normalized spacial score (nSPS) is 11.7. The molecule has 8 N–H and O–H groups in total. The van der Waals surface area contributed by atoms with Gasteiger partial charge < -0.3 is 22.9 Å². The highest BCUT2D eigenvalue weighted by atomic mass is 19.4. The summed E-state index contributed by atoms with van der Waals surface area (Å²) in [6.07, 6.45) is -9.50. The van der Waals surface area contributed by atoms with Gasteiger partial charge in [-0.15, -0.1) is 0 Å². The molecule has 40 heavy (non-hydrogen) atoms. The Hall–Kier alpha value is -4.34. The van der Waals surface area contributed by atoms with E-state index in [9.17, 15) is 26.3 Å². The molecule has 0 aliphatic carbocycles. The predicted molar refractivity (Wildman–Crippen MR) is 150 cm³/mol. The molecule has 0 amide bonds. The highest BCUT2D eigenvalue weighted by Gasteiger charge is 2.36. The minimum Gasteiger partial charge on any atom is -0.399 e. The Bertz CT molecular complexity index is 1500. The first-order valence-corrected chi connectivity index (χ1v) is 12.1. The number of rotatable bonds is 2. The lowest BCUT2D eigenvalue weighted by Gasteiger charge is -2.16. The van der Waals surface area contributed by atoms with Crippen molar-refractivity contribution in [3.8, 4) is 22.3 Å². The summed E-state index contributed by atoms with van der Waals surface area (Å²) in [7, 11) is 0. The molecule has 0 aromatic heterocycles. The van der Waals surface area contributed by atoms with Crippen molar-refractivity contribution in [2.24, 2.45) is 0 Å². The Morgan fingerprint density at radius 1 is 0.450 bits per heavy atom. The zero-order valence-electron chi connectivity index (χ0n) is 22.4. The van der Waals surface area contributed by atoms with Crippen LogP contribution in [0.3, 0.4) is 0 Å². The first-order valence-electron chi connectivity index (χ1n) is 12.1. The van der Waals surface area contributed by atoms with Crippen molar-refractivity contribution in [3.05, 3.63) is 94.0 Å². The summed E-state index contributed by atoms with van der Waals surface area (Å²) in [5.74, 6) is 0.